The van der Waals surface area contributed by atoms with Crippen LogP contribution < -0.4 is 0 Å². The molecule has 0 N–H and O–H groups in total. The summed E-state index contributed by atoms with van der Waals surface area (Å²) in [5, 5.41) is 4.53. The van der Waals surface area contributed by atoms with Gasteiger partial charge in [0.05, 0.1) is 17.4 Å². The van der Waals surface area contributed by atoms with Crippen LogP contribution in [-0.2, 0) is 21.4 Å². The van der Waals surface area contributed by atoms with E-state index in [-0.39, 0.29) is 23.9 Å². The second-order valence-electron chi connectivity index (χ2n) is 8.23. The molecule has 1 aliphatic rings. The van der Waals surface area contributed by atoms with Gasteiger partial charge in [-0.3, -0.25) is 4.79 Å². The Morgan fingerprint density at radius 3 is 2.73 bits per heavy atom. The molecule has 1 atom stereocenters. The SMILES string of the molecule is Cc1ccc(S(=O)(=O)N2CCC[C@H](C(=O)N(C)Cc3nc(-c4cccc(Cl)c4)no3)C2)cc1. The van der Waals surface area contributed by atoms with Crippen LogP contribution in [-0.4, -0.2) is 53.8 Å². The van der Waals surface area contributed by atoms with E-state index < -0.39 is 15.9 Å². The number of amides is 1. The van der Waals surface area contributed by atoms with Crippen molar-refractivity contribution in [2.24, 2.45) is 5.92 Å². The lowest BCUT2D eigenvalue weighted by atomic mass is 9.98. The number of hydrogen-bond acceptors (Lipinski definition) is 6. The second-order valence-corrected chi connectivity index (χ2v) is 10.6. The van der Waals surface area contributed by atoms with E-state index in [9.17, 15) is 13.2 Å². The van der Waals surface area contributed by atoms with Crippen LogP contribution in [0.15, 0.2) is 57.9 Å². The van der Waals surface area contributed by atoms with Crippen molar-refractivity contribution in [2.75, 3.05) is 20.1 Å². The summed E-state index contributed by atoms with van der Waals surface area (Å²) < 4.78 is 32.8. The van der Waals surface area contributed by atoms with Crippen LogP contribution in [0, 0.1) is 12.8 Å². The van der Waals surface area contributed by atoms with Crippen LogP contribution >= 0.6 is 11.6 Å². The van der Waals surface area contributed by atoms with Gasteiger partial charge in [0, 0.05) is 30.7 Å². The quantitative estimate of drug-likeness (QED) is 0.524. The molecule has 1 amide bonds. The minimum Gasteiger partial charge on any atom is -0.337 e. The molecule has 1 fully saturated rings. The summed E-state index contributed by atoms with van der Waals surface area (Å²) in [6.07, 6.45) is 1.25. The summed E-state index contributed by atoms with van der Waals surface area (Å²) in [7, 11) is -2.00. The van der Waals surface area contributed by atoms with Gasteiger partial charge in [-0.15, -0.1) is 0 Å². The van der Waals surface area contributed by atoms with Crippen LogP contribution in [0.5, 0.6) is 0 Å². The second kappa shape index (κ2) is 9.62. The highest BCUT2D eigenvalue weighted by molar-refractivity contribution is 7.89. The van der Waals surface area contributed by atoms with Crippen LogP contribution in [0.4, 0.5) is 0 Å². The van der Waals surface area contributed by atoms with Gasteiger partial charge in [-0.2, -0.15) is 9.29 Å². The van der Waals surface area contributed by atoms with Crippen molar-refractivity contribution in [3.63, 3.8) is 0 Å². The third-order valence-electron chi connectivity index (χ3n) is 5.69. The summed E-state index contributed by atoms with van der Waals surface area (Å²) >= 11 is 6.02. The fourth-order valence-corrected chi connectivity index (χ4v) is 5.59. The van der Waals surface area contributed by atoms with Crippen LogP contribution in [0.1, 0.15) is 24.3 Å². The van der Waals surface area contributed by atoms with E-state index in [4.69, 9.17) is 16.1 Å². The number of rotatable bonds is 6. The Bertz CT molecular complexity index is 1240. The Morgan fingerprint density at radius 2 is 2.00 bits per heavy atom. The smallest absolute Gasteiger partial charge is 0.246 e. The van der Waals surface area contributed by atoms with Crippen LogP contribution in [0.25, 0.3) is 11.4 Å². The number of halogens is 1. The first-order valence-corrected chi connectivity index (χ1v) is 12.5. The number of carbonyl (C=O) groups excluding carboxylic acids is 1. The Hall–Kier alpha value is -2.75. The van der Waals surface area contributed by atoms with Crippen molar-refractivity contribution in [1.82, 2.24) is 19.3 Å². The van der Waals surface area contributed by atoms with E-state index in [0.29, 0.717) is 36.1 Å². The number of carbonyl (C=O) groups is 1. The first kappa shape index (κ1) is 23.4. The normalized spacial score (nSPS) is 17.1. The molecule has 0 saturated carbocycles. The topological polar surface area (TPSA) is 96.6 Å². The predicted octanol–water partition coefficient (Wildman–Crippen LogP) is 3.76. The summed E-state index contributed by atoms with van der Waals surface area (Å²) in [6.45, 7) is 2.59. The summed E-state index contributed by atoms with van der Waals surface area (Å²) in [5.41, 5.74) is 1.71. The lowest BCUT2D eigenvalue weighted by Crippen LogP contribution is -2.45. The Labute approximate surface area is 198 Å². The zero-order valence-corrected chi connectivity index (χ0v) is 20.0. The van der Waals surface area contributed by atoms with E-state index in [1.165, 1.54) is 9.21 Å². The number of aryl methyl sites for hydroxylation is 1. The van der Waals surface area contributed by atoms with Gasteiger partial charge < -0.3 is 9.42 Å². The molecular formula is C23H25ClN4O4S. The molecular weight excluding hydrogens is 464 g/mol. The Kier molecular flexibility index (Phi) is 6.83. The fraction of sp³-hybridized carbons (Fsp3) is 0.348. The Balaban J connectivity index is 1.42. The van der Waals surface area contributed by atoms with Gasteiger partial charge in [-0.1, -0.05) is 46.6 Å². The number of nitrogens with zero attached hydrogens (tertiary/aromatic N) is 4. The fourth-order valence-electron chi connectivity index (χ4n) is 3.88. The lowest BCUT2D eigenvalue weighted by Gasteiger charge is -2.33. The zero-order valence-electron chi connectivity index (χ0n) is 18.4. The highest BCUT2D eigenvalue weighted by atomic mass is 35.5. The average molecular weight is 489 g/mol. The molecule has 0 unspecified atom stereocenters. The first-order valence-electron chi connectivity index (χ1n) is 10.6. The van der Waals surface area contributed by atoms with Crippen molar-refractivity contribution in [3.05, 3.63) is 65.0 Å². The Morgan fingerprint density at radius 1 is 1.24 bits per heavy atom. The van der Waals surface area contributed by atoms with E-state index in [1.54, 1.807) is 49.5 Å². The van der Waals surface area contributed by atoms with E-state index in [2.05, 4.69) is 10.1 Å². The number of hydrogen-bond donors (Lipinski definition) is 0. The highest BCUT2D eigenvalue weighted by Crippen LogP contribution is 2.26. The van der Waals surface area contributed by atoms with Gasteiger partial charge in [0.1, 0.15) is 0 Å². The maximum Gasteiger partial charge on any atom is 0.246 e. The molecule has 2 heterocycles. The minimum absolute atomic E-state index is 0.133. The monoisotopic (exact) mass is 488 g/mol. The van der Waals surface area contributed by atoms with Gasteiger partial charge in [-0.25, -0.2) is 8.42 Å². The third-order valence-corrected chi connectivity index (χ3v) is 7.81. The molecule has 10 heteroatoms. The number of aromatic nitrogens is 2. The molecule has 3 aromatic rings. The van der Waals surface area contributed by atoms with Crippen molar-refractivity contribution >= 4 is 27.5 Å². The largest absolute Gasteiger partial charge is 0.337 e. The van der Waals surface area contributed by atoms with Crippen molar-refractivity contribution in [1.29, 1.82) is 0 Å². The molecule has 1 aliphatic heterocycles. The summed E-state index contributed by atoms with van der Waals surface area (Å²) in [4.78, 5) is 19.2. The molecule has 2 aromatic carbocycles. The summed E-state index contributed by atoms with van der Waals surface area (Å²) in [5.74, 6) is 0.0998. The molecule has 0 bridgehead atoms. The van der Waals surface area contributed by atoms with Crippen LogP contribution in [0.3, 0.4) is 0 Å². The molecule has 4 rings (SSSR count). The van der Waals surface area contributed by atoms with Gasteiger partial charge in [-0.05, 0) is 44.0 Å². The maximum atomic E-state index is 13.1. The average Bonchev–Trinajstić information content (AvgIpc) is 3.27. The lowest BCUT2D eigenvalue weighted by molar-refractivity contribution is -0.136. The molecule has 0 aliphatic carbocycles. The van der Waals surface area contributed by atoms with Crippen LogP contribution in [0.2, 0.25) is 5.02 Å². The van der Waals surface area contributed by atoms with Gasteiger partial charge in [0.15, 0.2) is 0 Å². The molecule has 0 radical (unpaired) electrons. The minimum atomic E-state index is -3.65. The zero-order chi connectivity index (χ0) is 23.6. The molecule has 33 heavy (non-hydrogen) atoms. The van der Waals surface area contributed by atoms with E-state index >= 15 is 0 Å². The van der Waals surface area contributed by atoms with Crippen molar-refractivity contribution < 1.29 is 17.7 Å². The maximum absolute atomic E-state index is 13.1. The van der Waals surface area contributed by atoms with Gasteiger partial charge in [0.25, 0.3) is 0 Å². The predicted molar refractivity (Wildman–Crippen MR) is 124 cm³/mol. The molecule has 1 aromatic heterocycles. The molecule has 0 spiro atoms. The highest BCUT2D eigenvalue weighted by Gasteiger charge is 2.34. The molecule has 8 nitrogen and oxygen atoms in total. The first-order chi connectivity index (χ1) is 15.7. The standard InChI is InChI=1S/C23H25ClN4O4S/c1-16-8-10-20(11-9-16)33(30,31)28-12-4-6-18(14-28)23(29)27(2)15-21-25-22(26-32-21)17-5-3-7-19(24)13-17/h3,5,7-11,13,18H,4,6,12,14-15H2,1-2H3/t18-/m0/s1. The van der Waals surface area contributed by atoms with E-state index in [0.717, 1.165) is 11.1 Å². The van der Waals surface area contributed by atoms with Gasteiger partial charge >= 0.3 is 0 Å². The van der Waals surface area contributed by atoms with Gasteiger partial charge in [0.2, 0.25) is 27.6 Å². The van der Waals surface area contributed by atoms with E-state index in [1.807, 2.05) is 13.0 Å². The summed E-state index contributed by atoms with van der Waals surface area (Å²) in [6, 6.07) is 13.9. The van der Waals surface area contributed by atoms with Crippen molar-refractivity contribution in [3.8, 4) is 11.4 Å². The third kappa shape index (κ3) is 5.26. The number of sulfonamides is 1. The van der Waals surface area contributed by atoms with Crippen molar-refractivity contribution in [2.45, 2.75) is 31.2 Å². The molecule has 174 valence electrons. The number of piperidine rings is 1. The molecule has 1 saturated heterocycles. The number of benzene rings is 2.